The van der Waals surface area contributed by atoms with Crippen LogP contribution in [0.3, 0.4) is 0 Å². The first-order valence-corrected chi connectivity index (χ1v) is 14.1. The lowest BCUT2D eigenvalue weighted by atomic mass is 10.0. The lowest BCUT2D eigenvalue weighted by Gasteiger charge is -2.07. The first kappa shape index (κ1) is 28.3. The minimum atomic E-state index is -4.10. The molecule has 0 saturated heterocycles. The molecule has 0 amide bonds. The largest absolute Gasteiger partial charge is 0.294 e. The first-order chi connectivity index (χ1) is 15.2. The second-order valence-electron chi connectivity index (χ2n) is 7.80. The summed E-state index contributed by atoms with van der Waals surface area (Å²) in [5.41, 5.74) is 0.726. The Hall–Kier alpha value is -1.74. The molecule has 2 aromatic carbocycles. The van der Waals surface area contributed by atoms with Gasteiger partial charge in [0.1, 0.15) is 0 Å². The molecule has 0 fully saturated rings. The predicted octanol–water partition coefficient (Wildman–Crippen LogP) is 6.33. The van der Waals surface area contributed by atoms with Gasteiger partial charge in [-0.2, -0.15) is 16.8 Å². The summed E-state index contributed by atoms with van der Waals surface area (Å²) in [6, 6.07) is 14.1. The van der Waals surface area contributed by atoms with Crippen LogP contribution in [0.2, 0.25) is 0 Å². The number of rotatable bonds is 13. The summed E-state index contributed by atoms with van der Waals surface area (Å²) in [7, 11) is -8.10. The lowest BCUT2D eigenvalue weighted by molar-refractivity contribution is 0.480. The highest BCUT2D eigenvalue weighted by molar-refractivity contribution is 7.86. The fourth-order valence-corrected chi connectivity index (χ4v) is 4.61. The molecule has 0 aromatic heterocycles. The Bertz CT molecular complexity index is 971. The Morgan fingerprint density at radius 3 is 1.53 bits per heavy atom. The molecule has 0 aliphatic heterocycles. The van der Waals surface area contributed by atoms with Crippen molar-refractivity contribution < 1.29 is 25.9 Å². The molecule has 0 aliphatic carbocycles. The molecule has 0 spiro atoms. The van der Waals surface area contributed by atoms with Crippen LogP contribution in [0.1, 0.15) is 76.7 Å². The van der Waals surface area contributed by atoms with E-state index in [0.29, 0.717) is 6.42 Å². The van der Waals surface area contributed by atoms with Crippen molar-refractivity contribution in [3.63, 3.8) is 0 Å². The van der Waals surface area contributed by atoms with Gasteiger partial charge in [-0.25, -0.2) is 0 Å². The van der Waals surface area contributed by atoms with Crippen LogP contribution in [0.5, 0.6) is 0 Å². The second-order valence-corrected chi connectivity index (χ2v) is 10.6. The van der Waals surface area contributed by atoms with Crippen LogP contribution in [-0.2, 0) is 26.7 Å². The van der Waals surface area contributed by atoms with Crippen molar-refractivity contribution >= 4 is 20.2 Å². The van der Waals surface area contributed by atoms with Crippen LogP contribution in [0.25, 0.3) is 0 Å². The highest BCUT2D eigenvalue weighted by Crippen LogP contribution is 2.18. The van der Waals surface area contributed by atoms with Crippen LogP contribution >= 0.6 is 0 Å². The molecule has 0 heterocycles. The van der Waals surface area contributed by atoms with Crippen LogP contribution in [-0.4, -0.2) is 25.9 Å². The monoisotopic (exact) mass is 484 g/mol. The average Bonchev–Trinajstić information content (AvgIpc) is 2.75. The molecule has 180 valence electrons. The zero-order chi connectivity index (χ0) is 23.9. The van der Waals surface area contributed by atoms with E-state index in [4.69, 9.17) is 4.55 Å². The molecule has 6 nitrogen and oxygen atoms in total. The molecular formula is C24H36O6S2. The number of benzene rings is 2. The normalized spacial score (nSPS) is 11.6. The lowest BCUT2D eigenvalue weighted by Crippen LogP contribution is -2.03. The molecular weight excluding hydrogens is 448 g/mol. The highest BCUT2D eigenvalue weighted by Gasteiger charge is 2.13. The Balaban J connectivity index is 0.000000425. The van der Waals surface area contributed by atoms with Gasteiger partial charge in [0.2, 0.25) is 0 Å². The van der Waals surface area contributed by atoms with E-state index in [1.807, 2.05) is 6.07 Å². The molecule has 0 unspecified atom stereocenters. The molecule has 0 bridgehead atoms. The Morgan fingerprint density at radius 2 is 1.06 bits per heavy atom. The van der Waals surface area contributed by atoms with E-state index in [-0.39, 0.29) is 9.79 Å². The number of aryl methyl sites for hydroxylation is 1. The van der Waals surface area contributed by atoms with Gasteiger partial charge in [-0.05, 0) is 36.6 Å². The van der Waals surface area contributed by atoms with Gasteiger partial charge in [0.15, 0.2) is 0 Å². The van der Waals surface area contributed by atoms with Crippen molar-refractivity contribution in [2.45, 2.75) is 87.3 Å². The third-order valence-corrected chi connectivity index (χ3v) is 6.91. The summed E-state index contributed by atoms with van der Waals surface area (Å²) in [6.45, 7) is 2.24. The summed E-state index contributed by atoms with van der Waals surface area (Å²) in [5, 5.41) is 0. The van der Waals surface area contributed by atoms with Crippen molar-refractivity contribution in [1.82, 2.24) is 0 Å². The van der Waals surface area contributed by atoms with Gasteiger partial charge in [0, 0.05) is 0 Å². The average molecular weight is 485 g/mol. The minimum absolute atomic E-state index is 0.0610. The summed E-state index contributed by atoms with van der Waals surface area (Å²) in [4.78, 5) is -0.0130. The zero-order valence-electron chi connectivity index (χ0n) is 18.8. The van der Waals surface area contributed by atoms with Gasteiger partial charge in [-0.15, -0.1) is 0 Å². The first-order valence-electron chi connectivity index (χ1n) is 11.2. The van der Waals surface area contributed by atoms with Gasteiger partial charge >= 0.3 is 0 Å². The molecule has 0 atom stereocenters. The van der Waals surface area contributed by atoms with Gasteiger partial charge in [-0.3, -0.25) is 9.11 Å². The molecule has 0 aliphatic rings. The van der Waals surface area contributed by atoms with Gasteiger partial charge in [-0.1, -0.05) is 101 Å². The predicted molar refractivity (Wildman–Crippen MR) is 128 cm³/mol. The van der Waals surface area contributed by atoms with Crippen molar-refractivity contribution in [1.29, 1.82) is 0 Å². The van der Waals surface area contributed by atoms with Crippen LogP contribution in [0, 0.1) is 0 Å². The van der Waals surface area contributed by atoms with E-state index in [2.05, 4.69) is 6.92 Å². The molecule has 0 radical (unpaired) electrons. The quantitative estimate of drug-likeness (QED) is 0.254. The van der Waals surface area contributed by atoms with Crippen molar-refractivity contribution in [3.8, 4) is 0 Å². The summed E-state index contributed by atoms with van der Waals surface area (Å²) in [6.07, 6.45) is 13.3. The molecule has 2 aromatic rings. The number of unbranched alkanes of at least 4 members (excludes halogenated alkanes) is 9. The third kappa shape index (κ3) is 12.3. The van der Waals surface area contributed by atoms with Crippen LogP contribution in [0.15, 0.2) is 64.4 Å². The van der Waals surface area contributed by atoms with E-state index >= 15 is 0 Å². The van der Waals surface area contributed by atoms with E-state index in [1.165, 1.54) is 69.6 Å². The van der Waals surface area contributed by atoms with Gasteiger partial charge < -0.3 is 0 Å². The Labute approximate surface area is 193 Å². The Kier molecular flexibility index (Phi) is 13.4. The van der Waals surface area contributed by atoms with Crippen molar-refractivity contribution in [3.05, 3.63) is 60.2 Å². The van der Waals surface area contributed by atoms with E-state index in [9.17, 15) is 21.4 Å². The third-order valence-electron chi connectivity index (χ3n) is 5.09. The molecule has 2 N–H and O–H groups in total. The second kappa shape index (κ2) is 15.2. The zero-order valence-corrected chi connectivity index (χ0v) is 20.5. The van der Waals surface area contributed by atoms with Gasteiger partial charge in [0.05, 0.1) is 9.79 Å². The molecule has 0 saturated carbocycles. The summed E-state index contributed by atoms with van der Waals surface area (Å²) < 4.78 is 61.0. The van der Waals surface area contributed by atoms with E-state index in [1.54, 1.807) is 30.3 Å². The number of hydrogen-bond acceptors (Lipinski definition) is 4. The smallest absolute Gasteiger partial charge is 0.282 e. The van der Waals surface area contributed by atoms with Crippen LogP contribution in [0.4, 0.5) is 0 Å². The Morgan fingerprint density at radius 1 is 0.594 bits per heavy atom. The highest BCUT2D eigenvalue weighted by atomic mass is 32.2. The molecule has 8 heteroatoms. The van der Waals surface area contributed by atoms with Crippen molar-refractivity contribution in [2.24, 2.45) is 0 Å². The topological polar surface area (TPSA) is 109 Å². The SMILES string of the molecule is CCCCCCCCCCCCc1ccccc1S(=O)(=O)O.O=S(=O)(O)c1ccccc1. The summed E-state index contributed by atoms with van der Waals surface area (Å²) in [5.74, 6) is 0. The molecule has 2 rings (SSSR count). The van der Waals surface area contributed by atoms with E-state index in [0.717, 1.165) is 18.4 Å². The minimum Gasteiger partial charge on any atom is -0.282 e. The maximum Gasteiger partial charge on any atom is 0.294 e. The fourth-order valence-electron chi connectivity index (χ4n) is 3.36. The van der Waals surface area contributed by atoms with Gasteiger partial charge in [0.25, 0.3) is 20.2 Å². The van der Waals surface area contributed by atoms with Crippen molar-refractivity contribution in [2.75, 3.05) is 0 Å². The number of hydrogen-bond donors (Lipinski definition) is 2. The fraction of sp³-hybridized carbons (Fsp3) is 0.500. The van der Waals surface area contributed by atoms with E-state index < -0.39 is 20.2 Å². The van der Waals surface area contributed by atoms with Crippen LogP contribution < -0.4 is 0 Å². The molecule has 32 heavy (non-hydrogen) atoms. The standard InChI is InChI=1S/C18H30O3S.C6H6O3S/c1-2-3-4-5-6-7-8-9-10-11-14-17-15-12-13-16-18(17)22(19,20)21;7-10(8,9)6-4-2-1-3-5-6/h12-13,15-16H,2-11,14H2,1H3,(H,19,20,21);1-5H,(H,7,8,9). The maximum absolute atomic E-state index is 11.3. The summed E-state index contributed by atoms with van der Waals surface area (Å²) >= 11 is 0. The maximum atomic E-state index is 11.3.